The standard InChI is InChI=1S/C18H26N4O/c1-6-18(5,23-12-11-13(2)3)16-9-7-15(8-10-16)17-21-19-14(4)20-22-17/h7-10,13H,6,11-12H2,1-5H3. The summed E-state index contributed by atoms with van der Waals surface area (Å²) in [7, 11) is 0. The van der Waals surface area contributed by atoms with Crippen LogP contribution in [-0.2, 0) is 10.3 Å². The Labute approximate surface area is 138 Å². The van der Waals surface area contributed by atoms with Crippen molar-refractivity contribution in [3.8, 4) is 11.4 Å². The molecule has 0 amide bonds. The Morgan fingerprint density at radius 2 is 1.65 bits per heavy atom. The van der Waals surface area contributed by atoms with Crippen LogP contribution in [0.5, 0.6) is 0 Å². The molecule has 1 atom stereocenters. The summed E-state index contributed by atoms with van der Waals surface area (Å²) in [5, 5.41) is 16.1. The molecule has 0 aliphatic heterocycles. The molecule has 0 bridgehead atoms. The van der Waals surface area contributed by atoms with Crippen molar-refractivity contribution in [1.29, 1.82) is 0 Å². The average molecular weight is 314 g/mol. The second kappa shape index (κ2) is 7.59. The first kappa shape index (κ1) is 17.5. The predicted octanol–water partition coefficient (Wildman–Crippen LogP) is 3.93. The minimum absolute atomic E-state index is 0.266. The van der Waals surface area contributed by atoms with Gasteiger partial charge in [0.15, 0.2) is 5.82 Å². The number of aryl methyl sites for hydroxylation is 1. The average Bonchev–Trinajstić information content (AvgIpc) is 2.55. The summed E-state index contributed by atoms with van der Waals surface area (Å²) in [6.45, 7) is 11.3. The minimum Gasteiger partial charge on any atom is -0.371 e. The summed E-state index contributed by atoms with van der Waals surface area (Å²) in [5.74, 6) is 1.76. The molecule has 0 aliphatic rings. The fourth-order valence-electron chi connectivity index (χ4n) is 2.28. The first-order valence-corrected chi connectivity index (χ1v) is 8.23. The molecular weight excluding hydrogens is 288 g/mol. The fraction of sp³-hybridized carbons (Fsp3) is 0.556. The molecule has 1 aromatic carbocycles. The van der Waals surface area contributed by atoms with Crippen LogP contribution in [0, 0.1) is 12.8 Å². The number of hydrogen-bond donors (Lipinski definition) is 0. The fourth-order valence-corrected chi connectivity index (χ4v) is 2.28. The molecule has 5 nitrogen and oxygen atoms in total. The Hall–Kier alpha value is -1.88. The molecule has 0 spiro atoms. The van der Waals surface area contributed by atoms with Gasteiger partial charge in [-0.2, -0.15) is 0 Å². The van der Waals surface area contributed by atoms with Crippen LogP contribution in [0.25, 0.3) is 11.4 Å². The smallest absolute Gasteiger partial charge is 0.203 e. The molecule has 0 aliphatic carbocycles. The van der Waals surface area contributed by atoms with Crippen LogP contribution in [0.1, 0.15) is 51.9 Å². The van der Waals surface area contributed by atoms with E-state index in [0.29, 0.717) is 17.6 Å². The normalized spacial score (nSPS) is 14.0. The van der Waals surface area contributed by atoms with Gasteiger partial charge in [-0.1, -0.05) is 45.0 Å². The number of hydrogen-bond acceptors (Lipinski definition) is 5. The number of benzene rings is 1. The van der Waals surface area contributed by atoms with E-state index in [-0.39, 0.29) is 5.60 Å². The van der Waals surface area contributed by atoms with Crippen molar-refractivity contribution >= 4 is 0 Å². The Kier molecular flexibility index (Phi) is 5.77. The van der Waals surface area contributed by atoms with Crippen LogP contribution in [0.15, 0.2) is 24.3 Å². The molecule has 1 heterocycles. The summed E-state index contributed by atoms with van der Waals surface area (Å²) in [4.78, 5) is 0. The lowest BCUT2D eigenvalue weighted by molar-refractivity contribution is -0.0434. The van der Waals surface area contributed by atoms with E-state index in [9.17, 15) is 0 Å². The van der Waals surface area contributed by atoms with E-state index in [1.54, 1.807) is 6.92 Å². The Bertz CT molecular complexity index is 610. The summed E-state index contributed by atoms with van der Waals surface area (Å²) < 4.78 is 6.18. The van der Waals surface area contributed by atoms with Gasteiger partial charge in [0, 0.05) is 12.2 Å². The lowest BCUT2D eigenvalue weighted by Gasteiger charge is -2.30. The van der Waals surface area contributed by atoms with Crippen LogP contribution in [-0.4, -0.2) is 27.0 Å². The van der Waals surface area contributed by atoms with Crippen LogP contribution < -0.4 is 0 Å². The molecular formula is C18H26N4O. The largest absolute Gasteiger partial charge is 0.371 e. The molecule has 0 saturated carbocycles. The lowest BCUT2D eigenvalue weighted by Crippen LogP contribution is -2.26. The van der Waals surface area contributed by atoms with Crippen molar-refractivity contribution < 1.29 is 4.74 Å². The first-order chi connectivity index (χ1) is 10.9. The van der Waals surface area contributed by atoms with E-state index < -0.39 is 0 Å². The van der Waals surface area contributed by atoms with Gasteiger partial charge in [-0.15, -0.1) is 20.4 Å². The highest BCUT2D eigenvalue weighted by Crippen LogP contribution is 2.30. The number of ether oxygens (including phenoxy) is 1. The van der Waals surface area contributed by atoms with Gasteiger partial charge in [0.2, 0.25) is 5.82 Å². The Morgan fingerprint density at radius 3 is 2.17 bits per heavy atom. The van der Waals surface area contributed by atoms with E-state index in [1.807, 2.05) is 12.1 Å². The maximum atomic E-state index is 6.18. The van der Waals surface area contributed by atoms with Crippen molar-refractivity contribution in [3.63, 3.8) is 0 Å². The third-order valence-corrected chi connectivity index (χ3v) is 4.12. The highest BCUT2D eigenvalue weighted by molar-refractivity contribution is 5.54. The van der Waals surface area contributed by atoms with Gasteiger partial charge in [-0.3, -0.25) is 0 Å². The number of aromatic nitrogens is 4. The summed E-state index contributed by atoms with van der Waals surface area (Å²) in [5.41, 5.74) is 1.81. The van der Waals surface area contributed by atoms with E-state index >= 15 is 0 Å². The van der Waals surface area contributed by atoms with Gasteiger partial charge >= 0.3 is 0 Å². The SMILES string of the molecule is CCC(C)(OCCC(C)C)c1ccc(-c2nnc(C)nn2)cc1. The lowest BCUT2D eigenvalue weighted by atomic mass is 9.92. The molecule has 0 N–H and O–H groups in total. The Morgan fingerprint density at radius 1 is 1.04 bits per heavy atom. The van der Waals surface area contributed by atoms with E-state index in [2.05, 4.69) is 60.2 Å². The number of nitrogens with zero attached hydrogens (tertiary/aromatic N) is 4. The molecule has 0 fully saturated rings. The zero-order chi connectivity index (χ0) is 16.9. The van der Waals surface area contributed by atoms with Gasteiger partial charge in [0.25, 0.3) is 0 Å². The highest BCUT2D eigenvalue weighted by atomic mass is 16.5. The van der Waals surface area contributed by atoms with Gasteiger partial charge < -0.3 is 4.74 Å². The molecule has 5 heteroatoms. The van der Waals surface area contributed by atoms with Crippen molar-refractivity contribution in [3.05, 3.63) is 35.7 Å². The first-order valence-electron chi connectivity index (χ1n) is 8.23. The van der Waals surface area contributed by atoms with E-state index in [0.717, 1.165) is 25.0 Å². The van der Waals surface area contributed by atoms with Crippen LogP contribution in [0.4, 0.5) is 0 Å². The molecule has 2 aromatic rings. The van der Waals surface area contributed by atoms with Crippen molar-refractivity contribution in [2.45, 2.75) is 53.1 Å². The summed E-state index contributed by atoms with van der Waals surface area (Å²) in [6, 6.07) is 8.17. The van der Waals surface area contributed by atoms with Crippen LogP contribution in [0.2, 0.25) is 0 Å². The number of rotatable bonds is 7. The third-order valence-electron chi connectivity index (χ3n) is 4.12. The molecule has 0 radical (unpaired) electrons. The van der Waals surface area contributed by atoms with Crippen molar-refractivity contribution in [2.24, 2.45) is 5.92 Å². The molecule has 1 unspecified atom stereocenters. The predicted molar refractivity (Wildman–Crippen MR) is 90.8 cm³/mol. The second-order valence-corrected chi connectivity index (χ2v) is 6.46. The zero-order valence-corrected chi connectivity index (χ0v) is 14.7. The topological polar surface area (TPSA) is 60.8 Å². The Balaban J connectivity index is 2.14. The molecule has 23 heavy (non-hydrogen) atoms. The van der Waals surface area contributed by atoms with Gasteiger partial charge in [0.05, 0.1) is 5.60 Å². The second-order valence-electron chi connectivity index (χ2n) is 6.46. The summed E-state index contributed by atoms with van der Waals surface area (Å²) >= 11 is 0. The third kappa shape index (κ3) is 4.55. The van der Waals surface area contributed by atoms with Crippen molar-refractivity contribution in [2.75, 3.05) is 6.61 Å². The molecule has 124 valence electrons. The van der Waals surface area contributed by atoms with Gasteiger partial charge in [-0.25, -0.2) is 0 Å². The maximum absolute atomic E-state index is 6.18. The monoisotopic (exact) mass is 314 g/mol. The van der Waals surface area contributed by atoms with E-state index in [1.165, 1.54) is 5.56 Å². The molecule has 0 saturated heterocycles. The van der Waals surface area contributed by atoms with Gasteiger partial charge in [0.1, 0.15) is 0 Å². The molecule has 1 aromatic heterocycles. The van der Waals surface area contributed by atoms with Crippen molar-refractivity contribution in [1.82, 2.24) is 20.4 Å². The highest BCUT2D eigenvalue weighted by Gasteiger charge is 2.25. The van der Waals surface area contributed by atoms with E-state index in [4.69, 9.17) is 4.74 Å². The maximum Gasteiger partial charge on any atom is 0.203 e. The molecule has 2 rings (SSSR count). The quantitative estimate of drug-likeness (QED) is 0.775. The summed E-state index contributed by atoms with van der Waals surface area (Å²) in [6.07, 6.45) is 2.00. The van der Waals surface area contributed by atoms with Crippen LogP contribution in [0.3, 0.4) is 0 Å². The minimum atomic E-state index is -0.266. The zero-order valence-electron chi connectivity index (χ0n) is 14.7. The van der Waals surface area contributed by atoms with Crippen LogP contribution >= 0.6 is 0 Å². The van der Waals surface area contributed by atoms with Gasteiger partial charge in [-0.05, 0) is 38.2 Å².